The number of ketones is 1. The maximum absolute atomic E-state index is 13.4. The van der Waals surface area contributed by atoms with Crippen LogP contribution in [0.2, 0.25) is 0 Å². The second kappa shape index (κ2) is 7.38. The molecule has 2 N–H and O–H groups in total. The molecule has 0 radical (unpaired) electrons. The van der Waals surface area contributed by atoms with E-state index < -0.39 is 17.6 Å². The molecule has 0 fully saturated rings. The largest absolute Gasteiger partial charge is 0.329 e. The summed E-state index contributed by atoms with van der Waals surface area (Å²) in [7, 11) is 0. The van der Waals surface area contributed by atoms with Crippen molar-refractivity contribution in [3.05, 3.63) is 77.2 Å². The molecule has 0 bridgehead atoms. The van der Waals surface area contributed by atoms with Gasteiger partial charge < -0.3 is 10.6 Å². The molecule has 0 saturated heterocycles. The van der Waals surface area contributed by atoms with Gasteiger partial charge >= 0.3 is 0 Å². The van der Waals surface area contributed by atoms with Crippen LogP contribution in [0.3, 0.4) is 0 Å². The van der Waals surface area contributed by atoms with Crippen LogP contribution in [0.5, 0.6) is 0 Å². The van der Waals surface area contributed by atoms with Crippen LogP contribution in [-0.2, 0) is 14.4 Å². The number of carbonyl (C=O) groups excluding carboxylic acids is 3. The first-order valence-corrected chi connectivity index (χ1v) is 9.18. The van der Waals surface area contributed by atoms with E-state index in [1.54, 1.807) is 6.07 Å². The van der Waals surface area contributed by atoms with Crippen molar-refractivity contribution in [1.29, 1.82) is 0 Å². The number of halogens is 1. The van der Waals surface area contributed by atoms with Gasteiger partial charge in [-0.15, -0.1) is 0 Å². The van der Waals surface area contributed by atoms with E-state index in [-0.39, 0.29) is 24.0 Å². The molecule has 1 aliphatic carbocycles. The number of benzene rings is 2. The number of nitrogens with one attached hydrogen (secondary N) is 2. The number of Topliss-reactive ketones (excluding diaryl/α,β-unsaturated/α-hetero) is 1. The van der Waals surface area contributed by atoms with Gasteiger partial charge in [-0.2, -0.15) is 0 Å². The Morgan fingerprint density at radius 1 is 1.00 bits per heavy atom. The third-order valence-electron chi connectivity index (χ3n) is 5.22. The van der Waals surface area contributed by atoms with E-state index in [1.165, 1.54) is 18.2 Å². The van der Waals surface area contributed by atoms with Crippen LogP contribution >= 0.6 is 0 Å². The predicted octanol–water partition coefficient (Wildman–Crippen LogP) is 3.30. The molecule has 2 aromatic rings. The number of carbonyl (C=O) groups is 3. The average Bonchev–Trinajstić information content (AvgIpc) is 2.67. The molecule has 6 heteroatoms. The van der Waals surface area contributed by atoms with E-state index in [0.29, 0.717) is 29.8 Å². The minimum absolute atomic E-state index is 0.0298. The Morgan fingerprint density at radius 3 is 2.54 bits per heavy atom. The Morgan fingerprint density at radius 2 is 1.79 bits per heavy atom. The highest BCUT2D eigenvalue weighted by Gasteiger charge is 2.40. The minimum Gasteiger partial charge on any atom is -0.329 e. The van der Waals surface area contributed by atoms with Gasteiger partial charge in [0, 0.05) is 29.8 Å². The van der Waals surface area contributed by atoms with Crippen molar-refractivity contribution in [2.45, 2.75) is 25.2 Å². The lowest BCUT2D eigenvalue weighted by molar-refractivity contribution is -0.129. The summed E-state index contributed by atoms with van der Waals surface area (Å²) in [6.45, 7) is 0. The topological polar surface area (TPSA) is 75.3 Å². The number of amides is 2. The van der Waals surface area contributed by atoms with E-state index >= 15 is 0 Å². The zero-order valence-corrected chi connectivity index (χ0v) is 15.1. The molecule has 1 aliphatic heterocycles. The highest BCUT2D eigenvalue weighted by Crippen LogP contribution is 2.39. The summed E-state index contributed by atoms with van der Waals surface area (Å²) >= 11 is 0. The van der Waals surface area contributed by atoms with Crippen LogP contribution in [0.15, 0.2) is 65.9 Å². The Bertz CT molecular complexity index is 984. The SMILES string of the molecule is O=C1C[C@@H](C(=O)Nc2cccc(F)c2)C2=C(C[C@@H](c3ccccc3)CC2=O)N1. The Balaban J connectivity index is 1.61. The summed E-state index contributed by atoms with van der Waals surface area (Å²) < 4.78 is 13.4. The fourth-order valence-electron chi connectivity index (χ4n) is 3.94. The van der Waals surface area contributed by atoms with Gasteiger partial charge in [0.25, 0.3) is 0 Å². The molecule has 1 heterocycles. The van der Waals surface area contributed by atoms with Crippen LogP contribution in [0.1, 0.15) is 30.7 Å². The van der Waals surface area contributed by atoms with Crippen molar-refractivity contribution < 1.29 is 18.8 Å². The summed E-state index contributed by atoms with van der Waals surface area (Å²) in [4.78, 5) is 37.9. The van der Waals surface area contributed by atoms with Gasteiger partial charge in [0.2, 0.25) is 11.8 Å². The molecule has 0 spiro atoms. The molecule has 2 amide bonds. The van der Waals surface area contributed by atoms with Gasteiger partial charge in [0.15, 0.2) is 5.78 Å². The molecule has 0 unspecified atom stereocenters. The number of hydrogen-bond acceptors (Lipinski definition) is 3. The first-order chi connectivity index (χ1) is 13.5. The third-order valence-corrected chi connectivity index (χ3v) is 5.22. The van der Waals surface area contributed by atoms with E-state index in [9.17, 15) is 18.8 Å². The maximum Gasteiger partial charge on any atom is 0.232 e. The molecular weight excluding hydrogens is 359 g/mol. The Kier molecular flexibility index (Phi) is 4.77. The zero-order valence-electron chi connectivity index (χ0n) is 15.1. The lowest BCUT2D eigenvalue weighted by Gasteiger charge is -2.33. The molecule has 2 aromatic carbocycles. The lowest BCUT2D eigenvalue weighted by Crippen LogP contribution is -2.43. The van der Waals surface area contributed by atoms with Crippen molar-refractivity contribution in [3.63, 3.8) is 0 Å². The number of anilines is 1. The highest BCUT2D eigenvalue weighted by molar-refractivity contribution is 6.09. The summed E-state index contributed by atoms with van der Waals surface area (Å²) in [6, 6.07) is 15.2. The van der Waals surface area contributed by atoms with E-state index in [1.807, 2.05) is 30.3 Å². The Hall–Kier alpha value is -3.28. The lowest BCUT2D eigenvalue weighted by atomic mass is 9.75. The molecule has 0 aromatic heterocycles. The predicted molar refractivity (Wildman–Crippen MR) is 102 cm³/mol. The van der Waals surface area contributed by atoms with E-state index in [2.05, 4.69) is 10.6 Å². The smallest absolute Gasteiger partial charge is 0.232 e. The zero-order chi connectivity index (χ0) is 19.7. The van der Waals surface area contributed by atoms with Gasteiger partial charge in [-0.25, -0.2) is 4.39 Å². The van der Waals surface area contributed by atoms with Gasteiger partial charge in [0.1, 0.15) is 5.82 Å². The van der Waals surface area contributed by atoms with Crippen LogP contribution < -0.4 is 10.6 Å². The average molecular weight is 378 g/mol. The van der Waals surface area contributed by atoms with Gasteiger partial charge in [-0.05, 0) is 36.1 Å². The summed E-state index contributed by atoms with van der Waals surface area (Å²) in [5, 5.41) is 5.41. The van der Waals surface area contributed by atoms with Crippen LogP contribution in [-0.4, -0.2) is 17.6 Å². The third kappa shape index (κ3) is 3.58. The summed E-state index contributed by atoms with van der Waals surface area (Å²) in [5.41, 5.74) is 2.23. The van der Waals surface area contributed by atoms with Crippen molar-refractivity contribution >= 4 is 23.3 Å². The van der Waals surface area contributed by atoms with Crippen LogP contribution in [0, 0.1) is 11.7 Å². The summed E-state index contributed by atoms with van der Waals surface area (Å²) in [6.07, 6.45) is 0.699. The monoisotopic (exact) mass is 378 g/mol. The van der Waals surface area contributed by atoms with Crippen LogP contribution in [0.4, 0.5) is 10.1 Å². The molecule has 4 rings (SSSR count). The van der Waals surface area contributed by atoms with Crippen molar-refractivity contribution in [3.8, 4) is 0 Å². The molecule has 2 atom stereocenters. The standard InChI is InChI=1S/C22H19FN2O3/c23-15-7-4-8-16(11-15)24-22(28)17-12-20(27)25-18-9-14(10-19(26)21(17)18)13-5-2-1-3-6-13/h1-8,11,14,17H,9-10,12H2,(H,24,28)(H,25,27)/t14-,17-/m1/s1. The van der Waals surface area contributed by atoms with Crippen molar-refractivity contribution in [1.82, 2.24) is 5.32 Å². The minimum atomic E-state index is -0.865. The second-order valence-electron chi connectivity index (χ2n) is 7.14. The van der Waals surface area contributed by atoms with Gasteiger partial charge in [-0.1, -0.05) is 36.4 Å². The second-order valence-corrected chi connectivity index (χ2v) is 7.14. The molecule has 28 heavy (non-hydrogen) atoms. The maximum atomic E-state index is 13.4. The van der Waals surface area contributed by atoms with Crippen LogP contribution in [0.25, 0.3) is 0 Å². The number of hydrogen-bond donors (Lipinski definition) is 2. The highest BCUT2D eigenvalue weighted by atomic mass is 19.1. The molecule has 0 saturated carbocycles. The number of rotatable bonds is 3. The van der Waals surface area contributed by atoms with Crippen molar-refractivity contribution in [2.24, 2.45) is 5.92 Å². The van der Waals surface area contributed by atoms with E-state index in [0.717, 1.165) is 5.56 Å². The normalized spacial score (nSPS) is 21.8. The molecular formula is C22H19FN2O3. The molecule has 142 valence electrons. The van der Waals surface area contributed by atoms with Gasteiger partial charge in [0.05, 0.1) is 5.92 Å². The molecule has 2 aliphatic rings. The molecule has 5 nitrogen and oxygen atoms in total. The summed E-state index contributed by atoms with van der Waals surface area (Å²) in [5.74, 6) is -2.26. The first kappa shape index (κ1) is 18.1. The van der Waals surface area contributed by atoms with Crippen molar-refractivity contribution in [2.75, 3.05) is 5.32 Å². The van der Waals surface area contributed by atoms with E-state index in [4.69, 9.17) is 0 Å². The fraction of sp³-hybridized carbons (Fsp3) is 0.227. The first-order valence-electron chi connectivity index (χ1n) is 9.18. The fourth-order valence-corrected chi connectivity index (χ4v) is 3.94. The quantitative estimate of drug-likeness (QED) is 0.861. The Labute approximate surface area is 161 Å². The van der Waals surface area contributed by atoms with Gasteiger partial charge in [-0.3, -0.25) is 14.4 Å². The number of allylic oxidation sites excluding steroid dienone is 1.